The Labute approximate surface area is 174 Å². The number of carbonyl (C=O) groups is 1. The van der Waals surface area contributed by atoms with Gasteiger partial charge in [-0.05, 0) is 67.6 Å². The van der Waals surface area contributed by atoms with E-state index in [1.165, 1.54) is 24.3 Å². The average Bonchev–Trinajstić information content (AvgIpc) is 2.71. The molecule has 0 aliphatic rings. The zero-order valence-corrected chi connectivity index (χ0v) is 17.1. The van der Waals surface area contributed by atoms with Crippen molar-refractivity contribution in [2.75, 3.05) is 10.0 Å². The molecule has 0 aromatic heterocycles. The second-order valence-electron chi connectivity index (χ2n) is 6.20. The van der Waals surface area contributed by atoms with E-state index < -0.39 is 16.1 Å². The van der Waals surface area contributed by atoms with Gasteiger partial charge >= 0.3 is 0 Å². The molecule has 8 heteroatoms. The fraction of sp³-hybridized carbons (Fsp3) is 0.0952. The van der Waals surface area contributed by atoms with E-state index in [1.807, 2.05) is 18.2 Å². The summed E-state index contributed by atoms with van der Waals surface area (Å²) in [5, 5.41) is 3.22. The maximum Gasteiger partial charge on any atom is 0.265 e. The summed E-state index contributed by atoms with van der Waals surface area (Å²) in [5.74, 6) is 0.244. The lowest BCUT2D eigenvalue weighted by molar-refractivity contribution is -0.122. The van der Waals surface area contributed by atoms with Crippen LogP contribution in [0.25, 0.3) is 0 Å². The molecule has 3 aromatic carbocycles. The molecule has 6 nitrogen and oxygen atoms in total. The Morgan fingerprint density at radius 1 is 0.897 bits per heavy atom. The van der Waals surface area contributed by atoms with Crippen LogP contribution in [0.5, 0.6) is 5.75 Å². The summed E-state index contributed by atoms with van der Waals surface area (Å²) in [5.41, 5.74) is 0.864. The molecule has 0 aliphatic heterocycles. The van der Waals surface area contributed by atoms with Crippen molar-refractivity contribution in [1.29, 1.82) is 0 Å². The van der Waals surface area contributed by atoms with Gasteiger partial charge in [0.1, 0.15) is 5.75 Å². The molecule has 0 fully saturated rings. The predicted molar refractivity (Wildman–Crippen MR) is 114 cm³/mol. The van der Waals surface area contributed by atoms with Crippen molar-refractivity contribution in [2.45, 2.75) is 17.9 Å². The van der Waals surface area contributed by atoms with Crippen molar-refractivity contribution >= 4 is 38.9 Å². The number of benzene rings is 3. The summed E-state index contributed by atoms with van der Waals surface area (Å²) in [7, 11) is -3.76. The maximum absolute atomic E-state index is 12.5. The first-order valence-electron chi connectivity index (χ1n) is 8.74. The summed E-state index contributed by atoms with van der Waals surface area (Å²) in [6.07, 6.45) is -0.715. The normalized spacial score (nSPS) is 12.1. The van der Waals surface area contributed by atoms with Crippen LogP contribution in [0.4, 0.5) is 11.4 Å². The number of amides is 1. The second-order valence-corrected chi connectivity index (χ2v) is 8.32. The molecule has 3 aromatic rings. The fourth-order valence-corrected chi connectivity index (χ4v) is 3.63. The molecule has 1 amide bonds. The van der Waals surface area contributed by atoms with E-state index in [9.17, 15) is 13.2 Å². The first-order valence-corrected chi connectivity index (χ1v) is 10.6. The number of halogens is 1. The number of sulfonamides is 1. The Hall–Kier alpha value is -3.03. The number of para-hydroxylation sites is 1. The molecule has 3 rings (SSSR count). The van der Waals surface area contributed by atoms with E-state index in [4.69, 9.17) is 16.3 Å². The van der Waals surface area contributed by atoms with Crippen LogP contribution in [-0.4, -0.2) is 20.4 Å². The molecule has 0 saturated carbocycles. The van der Waals surface area contributed by atoms with Gasteiger partial charge in [-0.1, -0.05) is 29.8 Å². The van der Waals surface area contributed by atoms with Gasteiger partial charge in [-0.3, -0.25) is 9.52 Å². The summed E-state index contributed by atoms with van der Waals surface area (Å²) >= 11 is 5.81. The highest BCUT2D eigenvalue weighted by molar-refractivity contribution is 7.92. The highest BCUT2D eigenvalue weighted by atomic mass is 35.5. The topological polar surface area (TPSA) is 84.5 Å². The van der Waals surface area contributed by atoms with Crippen LogP contribution in [0.3, 0.4) is 0 Å². The largest absolute Gasteiger partial charge is 0.481 e. The van der Waals surface area contributed by atoms with Crippen molar-refractivity contribution in [2.24, 2.45) is 0 Å². The van der Waals surface area contributed by atoms with E-state index in [-0.39, 0.29) is 10.8 Å². The summed E-state index contributed by atoms with van der Waals surface area (Å²) < 4.78 is 33.0. The van der Waals surface area contributed by atoms with Crippen LogP contribution in [0.1, 0.15) is 6.92 Å². The third kappa shape index (κ3) is 5.73. The van der Waals surface area contributed by atoms with Gasteiger partial charge in [0.2, 0.25) is 0 Å². The standard InChI is InChI=1S/C21H19ClN2O4S/c1-15(28-19-5-3-2-4-6-19)21(25)23-17-11-13-20(14-12-17)29(26,27)24-18-9-7-16(22)8-10-18/h2-15,24H,1H3,(H,23,25). The molecular formula is C21H19ClN2O4S. The van der Waals surface area contributed by atoms with Gasteiger partial charge < -0.3 is 10.1 Å². The molecule has 0 heterocycles. The summed E-state index contributed by atoms with van der Waals surface area (Å²) in [4.78, 5) is 12.4. The van der Waals surface area contributed by atoms with Crippen molar-refractivity contribution < 1.29 is 17.9 Å². The summed E-state index contributed by atoms with van der Waals surface area (Å²) in [6.45, 7) is 1.64. The van der Waals surface area contributed by atoms with Gasteiger partial charge in [-0.15, -0.1) is 0 Å². The fourth-order valence-electron chi connectivity index (χ4n) is 2.45. The number of hydrogen-bond acceptors (Lipinski definition) is 4. The molecule has 1 unspecified atom stereocenters. The maximum atomic E-state index is 12.5. The van der Waals surface area contributed by atoms with Crippen LogP contribution in [0.15, 0.2) is 83.8 Å². The zero-order chi connectivity index (χ0) is 20.9. The lowest BCUT2D eigenvalue weighted by Gasteiger charge is -2.15. The number of carbonyl (C=O) groups excluding carboxylic acids is 1. The molecule has 1 atom stereocenters. The third-order valence-corrected chi connectivity index (χ3v) is 5.60. The molecule has 0 spiro atoms. The van der Waals surface area contributed by atoms with Crippen molar-refractivity contribution in [3.63, 3.8) is 0 Å². The van der Waals surface area contributed by atoms with Crippen LogP contribution in [-0.2, 0) is 14.8 Å². The Morgan fingerprint density at radius 2 is 1.48 bits per heavy atom. The van der Waals surface area contributed by atoms with E-state index >= 15 is 0 Å². The van der Waals surface area contributed by atoms with E-state index in [2.05, 4.69) is 10.0 Å². The predicted octanol–water partition coefficient (Wildman–Crippen LogP) is 4.55. The number of nitrogens with one attached hydrogen (secondary N) is 2. The highest BCUT2D eigenvalue weighted by Crippen LogP contribution is 2.20. The van der Waals surface area contributed by atoms with Crippen LogP contribution >= 0.6 is 11.6 Å². The number of rotatable bonds is 7. The Bertz CT molecular complexity index is 1070. The third-order valence-electron chi connectivity index (χ3n) is 3.95. The average molecular weight is 431 g/mol. The van der Waals surface area contributed by atoms with Gasteiger partial charge in [0.05, 0.1) is 4.90 Å². The van der Waals surface area contributed by atoms with Gasteiger partial charge in [0.25, 0.3) is 15.9 Å². The monoisotopic (exact) mass is 430 g/mol. The number of ether oxygens (including phenoxy) is 1. The Kier molecular flexibility index (Phi) is 6.41. The minimum absolute atomic E-state index is 0.0685. The first kappa shape index (κ1) is 20.7. The number of anilines is 2. The highest BCUT2D eigenvalue weighted by Gasteiger charge is 2.17. The van der Waals surface area contributed by atoms with Gasteiger partial charge in [-0.2, -0.15) is 0 Å². The summed E-state index contributed by atoms with van der Waals surface area (Å²) in [6, 6.07) is 21.2. The van der Waals surface area contributed by atoms with Crippen molar-refractivity contribution in [3.8, 4) is 5.75 Å². The smallest absolute Gasteiger partial charge is 0.265 e. The Morgan fingerprint density at radius 3 is 2.10 bits per heavy atom. The van der Waals surface area contributed by atoms with Crippen molar-refractivity contribution in [3.05, 3.63) is 83.9 Å². The van der Waals surface area contributed by atoms with E-state index in [0.717, 1.165) is 0 Å². The second kappa shape index (κ2) is 8.98. The van der Waals surface area contributed by atoms with Gasteiger partial charge in [0.15, 0.2) is 6.10 Å². The molecule has 29 heavy (non-hydrogen) atoms. The van der Waals surface area contributed by atoms with Crippen LogP contribution in [0, 0.1) is 0 Å². The van der Waals surface area contributed by atoms with Crippen molar-refractivity contribution in [1.82, 2.24) is 0 Å². The molecule has 150 valence electrons. The zero-order valence-electron chi connectivity index (χ0n) is 15.5. The van der Waals surface area contributed by atoms with Crippen LogP contribution in [0.2, 0.25) is 5.02 Å². The quantitative estimate of drug-likeness (QED) is 0.576. The number of hydrogen-bond donors (Lipinski definition) is 2. The molecule has 2 N–H and O–H groups in total. The SMILES string of the molecule is CC(Oc1ccccc1)C(=O)Nc1ccc(S(=O)(=O)Nc2ccc(Cl)cc2)cc1. The lowest BCUT2D eigenvalue weighted by atomic mass is 10.3. The first-order chi connectivity index (χ1) is 13.8. The lowest BCUT2D eigenvalue weighted by Crippen LogP contribution is -2.30. The van der Waals surface area contributed by atoms with Crippen LogP contribution < -0.4 is 14.8 Å². The van der Waals surface area contributed by atoms with Gasteiger partial charge in [0, 0.05) is 16.4 Å². The molecular weight excluding hydrogens is 412 g/mol. The molecule has 0 bridgehead atoms. The minimum Gasteiger partial charge on any atom is -0.481 e. The van der Waals surface area contributed by atoms with E-state index in [1.54, 1.807) is 43.3 Å². The molecule has 0 radical (unpaired) electrons. The molecule has 0 aliphatic carbocycles. The van der Waals surface area contributed by atoms with E-state index in [0.29, 0.717) is 22.1 Å². The minimum atomic E-state index is -3.76. The Balaban J connectivity index is 1.63. The molecule has 0 saturated heterocycles. The van der Waals surface area contributed by atoms with Gasteiger partial charge in [-0.25, -0.2) is 8.42 Å².